The van der Waals surface area contributed by atoms with Gasteiger partial charge >= 0.3 is 6.18 Å². The molecule has 1 atom stereocenters. The number of alkyl halides is 3. The fraction of sp³-hybridized carbons (Fsp3) is 1.00. The Hall–Kier alpha value is -0.210. The Kier molecular flexibility index (Phi) is 6.21. The fourth-order valence-electron chi connectivity index (χ4n) is 1.79. The molecule has 86 valence electrons. The third-order valence-electron chi connectivity index (χ3n) is 2.29. The average Bonchev–Trinajstić information content (AvgIpc) is 1.96. The average molecular weight is 210 g/mol. The summed E-state index contributed by atoms with van der Waals surface area (Å²) in [6.07, 6.45) is -1.30. The second-order valence-electron chi connectivity index (χ2n) is 4.46. The van der Waals surface area contributed by atoms with E-state index in [0.29, 0.717) is 18.8 Å². The maximum absolute atomic E-state index is 12.2. The fourth-order valence-corrected chi connectivity index (χ4v) is 1.79. The minimum atomic E-state index is -3.99. The molecule has 0 aliphatic carbocycles. The number of unbranched alkanes of at least 4 members (excludes halogenated alkanes) is 1. The highest BCUT2D eigenvalue weighted by Crippen LogP contribution is 2.31. The van der Waals surface area contributed by atoms with E-state index in [0.717, 1.165) is 12.8 Å². The summed E-state index contributed by atoms with van der Waals surface area (Å²) in [6.45, 7) is 5.98. The van der Waals surface area contributed by atoms with E-state index in [1.54, 1.807) is 0 Å². The Labute approximate surface area is 84.9 Å². The molecule has 0 N–H and O–H groups in total. The van der Waals surface area contributed by atoms with Crippen molar-refractivity contribution in [1.82, 2.24) is 0 Å². The molecule has 0 nitrogen and oxygen atoms in total. The lowest BCUT2D eigenvalue weighted by atomic mass is 9.89. The zero-order chi connectivity index (χ0) is 11.2. The van der Waals surface area contributed by atoms with E-state index in [-0.39, 0.29) is 5.92 Å². The smallest absolute Gasteiger partial charge is 0.171 e. The van der Waals surface area contributed by atoms with Crippen LogP contribution in [-0.2, 0) is 0 Å². The number of hydrogen-bond acceptors (Lipinski definition) is 0. The van der Waals surface area contributed by atoms with Gasteiger partial charge in [-0.1, -0.05) is 40.0 Å². The predicted molar refractivity (Wildman–Crippen MR) is 53.1 cm³/mol. The summed E-state index contributed by atoms with van der Waals surface area (Å²) in [5, 5.41) is 0. The van der Waals surface area contributed by atoms with Crippen molar-refractivity contribution in [1.29, 1.82) is 0 Å². The van der Waals surface area contributed by atoms with Crippen LogP contribution < -0.4 is 0 Å². The van der Waals surface area contributed by atoms with Gasteiger partial charge in [-0.2, -0.15) is 13.2 Å². The Bertz CT molecular complexity index is 138. The van der Waals surface area contributed by atoms with Crippen molar-refractivity contribution in [2.75, 3.05) is 0 Å². The standard InChI is InChI=1S/C11H21F3/c1-4-5-6-10(7-9(2)3)8-11(12,13)14/h9-10H,4-8H2,1-3H3. The lowest BCUT2D eigenvalue weighted by Crippen LogP contribution is -2.16. The Balaban J connectivity index is 3.97. The molecule has 0 saturated heterocycles. The molecule has 3 heteroatoms. The van der Waals surface area contributed by atoms with Gasteiger partial charge < -0.3 is 0 Å². The summed E-state index contributed by atoms with van der Waals surface area (Å²) in [7, 11) is 0. The second-order valence-corrected chi connectivity index (χ2v) is 4.46. The monoisotopic (exact) mass is 210 g/mol. The molecule has 1 unspecified atom stereocenters. The van der Waals surface area contributed by atoms with Crippen molar-refractivity contribution in [3.8, 4) is 0 Å². The molecule has 0 amide bonds. The summed E-state index contributed by atoms with van der Waals surface area (Å²) < 4.78 is 36.6. The molecule has 0 rings (SSSR count). The first-order valence-electron chi connectivity index (χ1n) is 5.42. The minimum absolute atomic E-state index is 0.171. The van der Waals surface area contributed by atoms with Crippen LogP contribution in [0.1, 0.15) is 52.9 Å². The van der Waals surface area contributed by atoms with Crippen molar-refractivity contribution in [3.63, 3.8) is 0 Å². The van der Waals surface area contributed by atoms with E-state index in [1.807, 2.05) is 20.8 Å². The van der Waals surface area contributed by atoms with Gasteiger partial charge in [0.25, 0.3) is 0 Å². The van der Waals surface area contributed by atoms with Gasteiger partial charge in [0.2, 0.25) is 0 Å². The van der Waals surface area contributed by atoms with E-state index in [1.165, 1.54) is 0 Å². The van der Waals surface area contributed by atoms with E-state index in [4.69, 9.17) is 0 Å². The molecule has 0 radical (unpaired) electrons. The molecule has 0 spiro atoms. The molecule has 0 aromatic rings. The van der Waals surface area contributed by atoms with Gasteiger partial charge in [0.15, 0.2) is 0 Å². The van der Waals surface area contributed by atoms with Crippen molar-refractivity contribution in [2.45, 2.75) is 59.1 Å². The largest absolute Gasteiger partial charge is 0.389 e. The van der Waals surface area contributed by atoms with Gasteiger partial charge in [-0.3, -0.25) is 0 Å². The van der Waals surface area contributed by atoms with Gasteiger partial charge in [0.05, 0.1) is 0 Å². The third kappa shape index (κ3) is 8.39. The highest BCUT2D eigenvalue weighted by Gasteiger charge is 2.31. The van der Waals surface area contributed by atoms with Crippen LogP contribution in [0.5, 0.6) is 0 Å². The summed E-state index contributed by atoms with van der Waals surface area (Å²) in [6, 6.07) is 0. The van der Waals surface area contributed by atoms with Crippen molar-refractivity contribution < 1.29 is 13.2 Å². The zero-order valence-electron chi connectivity index (χ0n) is 9.32. The van der Waals surface area contributed by atoms with Gasteiger partial charge in [-0.25, -0.2) is 0 Å². The minimum Gasteiger partial charge on any atom is -0.171 e. The van der Waals surface area contributed by atoms with Crippen LogP contribution in [0.3, 0.4) is 0 Å². The van der Waals surface area contributed by atoms with E-state index in [2.05, 4.69) is 0 Å². The SMILES string of the molecule is CCCCC(CC(C)C)CC(F)(F)F. The zero-order valence-corrected chi connectivity index (χ0v) is 9.32. The molecular weight excluding hydrogens is 189 g/mol. The number of halogens is 3. The normalized spacial score (nSPS) is 14.8. The first-order chi connectivity index (χ1) is 6.35. The molecule has 14 heavy (non-hydrogen) atoms. The summed E-state index contributed by atoms with van der Waals surface area (Å²) in [5.41, 5.74) is 0. The molecule has 0 aromatic heterocycles. The summed E-state index contributed by atoms with van der Waals surface area (Å²) >= 11 is 0. The van der Waals surface area contributed by atoms with Crippen LogP contribution >= 0.6 is 0 Å². The first kappa shape index (κ1) is 13.8. The highest BCUT2D eigenvalue weighted by molar-refractivity contribution is 4.66. The van der Waals surface area contributed by atoms with Crippen LogP contribution in [-0.4, -0.2) is 6.18 Å². The third-order valence-corrected chi connectivity index (χ3v) is 2.29. The number of hydrogen-bond donors (Lipinski definition) is 0. The predicted octanol–water partition coefficient (Wildman–Crippen LogP) is 4.79. The first-order valence-corrected chi connectivity index (χ1v) is 5.42. The van der Waals surface area contributed by atoms with Crippen molar-refractivity contribution in [2.24, 2.45) is 11.8 Å². The second kappa shape index (κ2) is 6.31. The van der Waals surface area contributed by atoms with Crippen LogP contribution in [0.2, 0.25) is 0 Å². The molecule has 0 aliphatic heterocycles. The molecule has 0 saturated carbocycles. The highest BCUT2D eigenvalue weighted by atomic mass is 19.4. The van der Waals surface area contributed by atoms with Gasteiger partial charge in [0.1, 0.15) is 0 Å². The Morgan fingerprint density at radius 2 is 1.71 bits per heavy atom. The maximum Gasteiger partial charge on any atom is 0.389 e. The molecule has 0 aliphatic rings. The number of rotatable bonds is 6. The molecule has 0 bridgehead atoms. The van der Waals surface area contributed by atoms with E-state index >= 15 is 0 Å². The molecular formula is C11H21F3. The van der Waals surface area contributed by atoms with E-state index in [9.17, 15) is 13.2 Å². The van der Waals surface area contributed by atoms with Gasteiger partial charge in [0, 0.05) is 6.42 Å². The summed E-state index contributed by atoms with van der Waals surface area (Å²) in [5.74, 6) is 0.189. The maximum atomic E-state index is 12.2. The van der Waals surface area contributed by atoms with Crippen LogP contribution in [0.15, 0.2) is 0 Å². The quantitative estimate of drug-likeness (QED) is 0.591. The molecule has 0 heterocycles. The molecule has 0 aromatic carbocycles. The van der Waals surface area contributed by atoms with Crippen LogP contribution in [0.25, 0.3) is 0 Å². The van der Waals surface area contributed by atoms with Crippen molar-refractivity contribution in [3.05, 3.63) is 0 Å². The van der Waals surface area contributed by atoms with E-state index < -0.39 is 12.6 Å². The van der Waals surface area contributed by atoms with Gasteiger partial charge in [-0.05, 0) is 18.3 Å². The van der Waals surface area contributed by atoms with Crippen LogP contribution in [0.4, 0.5) is 13.2 Å². The summed E-state index contributed by atoms with van der Waals surface area (Å²) in [4.78, 5) is 0. The Morgan fingerprint density at radius 3 is 2.07 bits per heavy atom. The Morgan fingerprint density at radius 1 is 1.14 bits per heavy atom. The topological polar surface area (TPSA) is 0 Å². The lowest BCUT2D eigenvalue weighted by Gasteiger charge is -2.20. The molecule has 0 fully saturated rings. The van der Waals surface area contributed by atoms with Crippen LogP contribution in [0, 0.1) is 11.8 Å². The van der Waals surface area contributed by atoms with Gasteiger partial charge in [-0.15, -0.1) is 0 Å². The van der Waals surface area contributed by atoms with Crippen molar-refractivity contribution >= 4 is 0 Å². The lowest BCUT2D eigenvalue weighted by molar-refractivity contribution is -0.146.